The van der Waals surface area contributed by atoms with Crippen LogP contribution in [0.2, 0.25) is 0 Å². The molecule has 0 aliphatic carbocycles. The normalized spacial score (nSPS) is 11.0. The molecule has 0 aliphatic heterocycles. The van der Waals surface area contributed by atoms with Crippen molar-refractivity contribution in [3.05, 3.63) is 164 Å². The second-order valence-corrected chi connectivity index (χ2v) is 10.0. The molecule has 0 bridgehead atoms. The van der Waals surface area contributed by atoms with E-state index in [-0.39, 0.29) is 0 Å². The summed E-state index contributed by atoms with van der Waals surface area (Å²) in [6.07, 6.45) is 0. The van der Waals surface area contributed by atoms with Gasteiger partial charge in [-0.3, -0.25) is 0 Å². The number of nitrogens with zero attached hydrogens (tertiary/aromatic N) is 1. The molecule has 0 aliphatic rings. The smallest absolute Gasteiger partial charge is 0.0709 e. The molecule has 0 atom stereocenters. The Bertz CT molecular complexity index is 1930. The molecule has 0 saturated heterocycles. The Morgan fingerprint density at radius 3 is 0.925 bits per heavy atom. The summed E-state index contributed by atoms with van der Waals surface area (Å²) in [7, 11) is 0. The SMILES string of the molecule is c1cc2ccc3cccc4ccc(c1)c2c34.c1ccc2ccccc2c1.c1ccc2nc3ccccc3cc2c1. The van der Waals surface area contributed by atoms with E-state index >= 15 is 0 Å². The van der Waals surface area contributed by atoms with E-state index in [2.05, 4.69) is 132 Å². The van der Waals surface area contributed by atoms with Crippen LogP contribution in [0.4, 0.5) is 0 Å². The van der Waals surface area contributed by atoms with Crippen molar-refractivity contribution in [2.24, 2.45) is 0 Å². The Labute approximate surface area is 233 Å². The molecule has 40 heavy (non-hydrogen) atoms. The van der Waals surface area contributed by atoms with Crippen LogP contribution in [0.3, 0.4) is 0 Å². The van der Waals surface area contributed by atoms with E-state index in [0.29, 0.717) is 0 Å². The van der Waals surface area contributed by atoms with Gasteiger partial charge in [-0.2, -0.15) is 0 Å². The van der Waals surface area contributed by atoms with Crippen LogP contribution in [0, 0.1) is 0 Å². The lowest BCUT2D eigenvalue weighted by Crippen LogP contribution is -1.82. The molecule has 0 amide bonds. The molecule has 9 rings (SSSR count). The highest BCUT2D eigenvalue weighted by atomic mass is 14.7. The third-order valence-electron chi connectivity index (χ3n) is 7.48. The fourth-order valence-electron chi connectivity index (χ4n) is 5.52. The van der Waals surface area contributed by atoms with Crippen molar-refractivity contribution in [3.8, 4) is 0 Å². The van der Waals surface area contributed by atoms with Gasteiger partial charge < -0.3 is 0 Å². The molecule has 188 valence electrons. The maximum atomic E-state index is 4.58. The van der Waals surface area contributed by atoms with E-state index in [1.54, 1.807) is 0 Å². The van der Waals surface area contributed by atoms with E-state index in [1.807, 2.05) is 36.4 Å². The highest BCUT2D eigenvalue weighted by Crippen LogP contribution is 2.33. The maximum Gasteiger partial charge on any atom is 0.0709 e. The Kier molecular flexibility index (Phi) is 6.24. The Morgan fingerprint density at radius 2 is 0.550 bits per heavy atom. The molecule has 0 N–H and O–H groups in total. The summed E-state index contributed by atoms with van der Waals surface area (Å²) in [4.78, 5) is 4.58. The number of benzene rings is 8. The van der Waals surface area contributed by atoms with Gasteiger partial charge in [0.25, 0.3) is 0 Å². The first-order chi connectivity index (χ1) is 19.8. The molecule has 0 saturated carbocycles. The second-order valence-electron chi connectivity index (χ2n) is 10.0. The number of aromatic nitrogens is 1. The largest absolute Gasteiger partial charge is 0.248 e. The lowest BCUT2D eigenvalue weighted by atomic mass is 9.95. The lowest BCUT2D eigenvalue weighted by Gasteiger charge is -2.09. The zero-order valence-corrected chi connectivity index (χ0v) is 22.0. The second kappa shape index (κ2) is 10.5. The van der Waals surface area contributed by atoms with Crippen molar-refractivity contribution in [1.82, 2.24) is 4.98 Å². The van der Waals surface area contributed by atoms with Crippen molar-refractivity contribution < 1.29 is 0 Å². The van der Waals surface area contributed by atoms with Crippen LogP contribution in [0.1, 0.15) is 0 Å². The van der Waals surface area contributed by atoms with E-state index in [4.69, 9.17) is 0 Å². The van der Waals surface area contributed by atoms with E-state index < -0.39 is 0 Å². The molecule has 0 fully saturated rings. The van der Waals surface area contributed by atoms with Crippen molar-refractivity contribution >= 4 is 64.9 Å². The van der Waals surface area contributed by atoms with Gasteiger partial charge in [-0.25, -0.2) is 4.98 Å². The van der Waals surface area contributed by atoms with E-state index in [9.17, 15) is 0 Å². The predicted octanol–water partition coefficient (Wildman–Crippen LogP) is 10.8. The van der Waals surface area contributed by atoms with Crippen LogP contribution in [0.15, 0.2) is 164 Å². The number of hydrogen-bond donors (Lipinski definition) is 0. The molecule has 0 radical (unpaired) electrons. The van der Waals surface area contributed by atoms with Gasteiger partial charge in [-0.1, -0.05) is 146 Å². The number of para-hydroxylation sites is 2. The third-order valence-corrected chi connectivity index (χ3v) is 7.48. The number of pyridine rings is 1. The highest BCUT2D eigenvalue weighted by Gasteiger charge is 2.06. The van der Waals surface area contributed by atoms with Gasteiger partial charge in [0.05, 0.1) is 11.0 Å². The maximum absolute atomic E-state index is 4.58. The summed E-state index contributed by atoms with van der Waals surface area (Å²) in [6.45, 7) is 0. The number of rotatable bonds is 0. The molecule has 0 spiro atoms. The van der Waals surface area contributed by atoms with Gasteiger partial charge in [-0.15, -0.1) is 0 Å². The number of fused-ring (bicyclic) bond motifs is 3. The Balaban J connectivity index is 0.000000102. The first-order valence-corrected chi connectivity index (χ1v) is 13.6. The summed E-state index contributed by atoms with van der Waals surface area (Å²) >= 11 is 0. The predicted molar refractivity (Wildman–Crippen MR) is 173 cm³/mol. The van der Waals surface area contributed by atoms with Gasteiger partial charge in [0.1, 0.15) is 0 Å². The minimum atomic E-state index is 1.06. The fourth-order valence-corrected chi connectivity index (χ4v) is 5.52. The van der Waals surface area contributed by atoms with Gasteiger partial charge in [0.2, 0.25) is 0 Å². The molecule has 1 aromatic heterocycles. The zero-order valence-electron chi connectivity index (χ0n) is 22.0. The Hall–Kier alpha value is -5.27. The molecule has 9 aromatic rings. The van der Waals surface area contributed by atoms with Gasteiger partial charge in [-0.05, 0) is 61.3 Å². The summed E-state index contributed by atoms with van der Waals surface area (Å²) in [5, 5.41) is 13.2. The first kappa shape index (κ1) is 23.8. The molecule has 0 unspecified atom stereocenters. The monoisotopic (exact) mass is 509 g/mol. The standard InChI is InChI=1S/C16H10.C13H9N.C10H8/c1-3-11-7-9-13-5-2-6-14-10-8-12(4-1)15(11)16(13)14;1-3-7-12-10(5-1)9-11-6-2-4-8-13(11)14-12;1-2-6-10-8-4-3-7-9(10)5-1/h1-10H;1-9H;1-8H. The van der Waals surface area contributed by atoms with Gasteiger partial charge in [0.15, 0.2) is 0 Å². The minimum absolute atomic E-state index is 1.06. The van der Waals surface area contributed by atoms with Crippen LogP contribution in [0.25, 0.3) is 64.9 Å². The fraction of sp³-hybridized carbons (Fsp3) is 0. The number of hydrogen-bond acceptors (Lipinski definition) is 1. The van der Waals surface area contributed by atoms with Crippen LogP contribution in [-0.2, 0) is 0 Å². The zero-order chi connectivity index (χ0) is 26.7. The lowest BCUT2D eigenvalue weighted by molar-refractivity contribution is 1.50. The van der Waals surface area contributed by atoms with Gasteiger partial charge in [0, 0.05) is 10.8 Å². The van der Waals surface area contributed by atoms with Crippen LogP contribution in [-0.4, -0.2) is 4.98 Å². The molecular weight excluding hydrogens is 482 g/mol. The molecule has 8 aromatic carbocycles. The van der Waals surface area contributed by atoms with Crippen molar-refractivity contribution in [2.45, 2.75) is 0 Å². The average molecular weight is 510 g/mol. The quantitative estimate of drug-likeness (QED) is 0.146. The van der Waals surface area contributed by atoms with E-state index in [1.165, 1.54) is 53.9 Å². The van der Waals surface area contributed by atoms with E-state index in [0.717, 1.165) is 11.0 Å². The topological polar surface area (TPSA) is 12.9 Å². The minimum Gasteiger partial charge on any atom is -0.248 e. The molecule has 1 heterocycles. The van der Waals surface area contributed by atoms with Gasteiger partial charge >= 0.3 is 0 Å². The molecule has 1 heteroatoms. The summed E-state index contributed by atoms with van der Waals surface area (Å²) < 4.78 is 0. The first-order valence-electron chi connectivity index (χ1n) is 13.6. The summed E-state index contributed by atoms with van der Waals surface area (Å²) in [5.74, 6) is 0. The third kappa shape index (κ3) is 4.59. The summed E-state index contributed by atoms with van der Waals surface area (Å²) in [6, 6.07) is 57.1. The van der Waals surface area contributed by atoms with Crippen molar-refractivity contribution in [3.63, 3.8) is 0 Å². The van der Waals surface area contributed by atoms with Crippen LogP contribution in [0.5, 0.6) is 0 Å². The van der Waals surface area contributed by atoms with Crippen molar-refractivity contribution in [2.75, 3.05) is 0 Å². The summed E-state index contributed by atoms with van der Waals surface area (Å²) in [5.41, 5.74) is 2.12. The Morgan fingerprint density at radius 1 is 0.250 bits per heavy atom. The van der Waals surface area contributed by atoms with Crippen LogP contribution >= 0.6 is 0 Å². The highest BCUT2D eigenvalue weighted by molar-refractivity contribution is 6.22. The van der Waals surface area contributed by atoms with Crippen molar-refractivity contribution in [1.29, 1.82) is 0 Å². The molecular formula is C39H27N. The average Bonchev–Trinajstić information content (AvgIpc) is 3.03. The molecule has 1 nitrogen and oxygen atoms in total. The van der Waals surface area contributed by atoms with Crippen LogP contribution < -0.4 is 0 Å².